The number of rotatable bonds is 5. The lowest BCUT2D eigenvalue weighted by Crippen LogP contribution is -2.32. The van der Waals surface area contributed by atoms with Crippen molar-refractivity contribution < 1.29 is 15.0 Å². The summed E-state index contributed by atoms with van der Waals surface area (Å²) in [5, 5.41) is 17.2. The molecule has 0 fully saturated rings. The summed E-state index contributed by atoms with van der Waals surface area (Å²) in [5.41, 5.74) is 10.3. The van der Waals surface area contributed by atoms with Crippen molar-refractivity contribution in [3.8, 4) is 0 Å². The molecule has 0 aromatic rings. The van der Waals surface area contributed by atoms with Gasteiger partial charge in [-0.2, -0.15) is 0 Å². The highest BCUT2D eigenvalue weighted by Gasteiger charge is 2.12. The number of halogens is 2. The Kier molecular flexibility index (Phi) is 14.4. The maximum atomic E-state index is 10.2. The van der Waals surface area contributed by atoms with Crippen LogP contribution in [0.1, 0.15) is 12.8 Å². The standard InChI is InChI=1S/C6H14N2O3.2ClH/c7-3-4(9)1-2-5(8)6(10)11;;/h4-5,9H,1-3,7-8H2,(H,10,11);2*1H. The summed E-state index contributed by atoms with van der Waals surface area (Å²) in [4.78, 5) is 10.2. The molecule has 5 nitrogen and oxygen atoms in total. The van der Waals surface area contributed by atoms with Gasteiger partial charge in [-0.05, 0) is 12.8 Å². The number of nitrogens with two attached hydrogens (primary N) is 2. The Bertz CT molecular complexity index is 137. The van der Waals surface area contributed by atoms with Crippen LogP contribution in [-0.2, 0) is 4.79 Å². The first kappa shape index (κ1) is 18.7. The summed E-state index contributed by atoms with van der Waals surface area (Å²) in [6.07, 6.45) is -0.0436. The summed E-state index contributed by atoms with van der Waals surface area (Å²) in [6.45, 7) is 0.145. The van der Waals surface area contributed by atoms with E-state index in [-0.39, 0.29) is 37.8 Å². The van der Waals surface area contributed by atoms with Crippen LogP contribution in [0.4, 0.5) is 0 Å². The minimum Gasteiger partial charge on any atom is -0.480 e. The number of hydrogen-bond donors (Lipinski definition) is 4. The van der Waals surface area contributed by atoms with E-state index in [9.17, 15) is 4.79 Å². The van der Waals surface area contributed by atoms with Crippen molar-refractivity contribution in [1.82, 2.24) is 0 Å². The van der Waals surface area contributed by atoms with Gasteiger partial charge in [-0.3, -0.25) is 4.79 Å². The highest BCUT2D eigenvalue weighted by Crippen LogP contribution is 1.98. The fourth-order valence-corrected chi connectivity index (χ4v) is 0.613. The molecule has 0 spiro atoms. The SMILES string of the molecule is Cl.Cl.NCC(O)CCC(N)C(=O)O. The predicted molar refractivity (Wildman–Crippen MR) is 54.4 cm³/mol. The molecule has 7 heteroatoms. The summed E-state index contributed by atoms with van der Waals surface area (Å²) >= 11 is 0. The van der Waals surface area contributed by atoms with Gasteiger partial charge in [0.25, 0.3) is 0 Å². The van der Waals surface area contributed by atoms with E-state index in [1.165, 1.54) is 0 Å². The highest BCUT2D eigenvalue weighted by atomic mass is 35.5. The van der Waals surface area contributed by atoms with E-state index < -0.39 is 18.1 Å². The first-order chi connectivity index (χ1) is 5.07. The molecule has 82 valence electrons. The second-order valence-electron chi connectivity index (χ2n) is 2.41. The van der Waals surface area contributed by atoms with Crippen LogP contribution in [-0.4, -0.2) is 34.9 Å². The zero-order chi connectivity index (χ0) is 8.85. The van der Waals surface area contributed by atoms with Gasteiger partial charge in [-0.15, -0.1) is 24.8 Å². The quantitative estimate of drug-likeness (QED) is 0.505. The molecule has 2 unspecified atom stereocenters. The van der Waals surface area contributed by atoms with Gasteiger partial charge in [-0.25, -0.2) is 0 Å². The lowest BCUT2D eigenvalue weighted by Gasteiger charge is -2.09. The second kappa shape index (κ2) is 10.0. The maximum absolute atomic E-state index is 10.2. The lowest BCUT2D eigenvalue weighted by atomic mass is 10.1. The van der Waals surface area contributed by atoms with E-state index in [0.29, 0.717) is 6.42 Å². The number of carboxylic acid groups (broad SMARTS) is 1. The average molecular weight is 235 g/mol. The van der Waals surface area contributed by atoms with Crippen molar-refractivity contribution >= 4 is 30.8 Å². The Morgan fingerprint density at radius 3 is 2.08 bits per heavy atom. The van der Waals surface area contributed by atoms with Gasteiger partial charge in [0, 0.05) is 6.54 Å². The van der Waals surface area contributed by atoms with E-state index in [4.69, 9.17) is 21.7 Å². The van der Waals surface area contributed by atoms with Gasteiger partial charge >= 0.3 is 5.97 Å². The number of aliphatic hydroxyl groups is 1. The fourth-order valence-electron chi connectivity index (χ4n) is 0.613. The van der Waals surface area contributed by atoms with Crippen LogP contribution in [0.25, 0.3) is 0 Å². The van der Waals surface area contributed by atoms with Gasteiger partial charge in [0.05, 0.1) is 6.10 Å². The topological polar surface area (TPSA) is 110 Å². The molecular weight excluding hydrogens is 219 g/mol. The molecule has 13 heavy (non-hydrogen) atoms. The van der Waals surface area contributed by atoms with Crippen molar-refractivity contribution in [3.05, 3.63) is 0 Å². The molecule has 0 amide bonds. The molecule has 0 heterocycles. The fraction of sp³-hybridized carbons (Fsp3) is 0.833. The Morgan fingerprint density at radius 2 is 1.77 bits per heavy atom. The van der Waals surface area contributed by atoms with Crippen molar-refractivity contribution in [3.63, 3.8) is 0 Å². The number of carbonyl (C=O) groups is 1. The van der Waals surface area contributed by atoms with Crippen molar-refractivity contribution in [2.24, 2.45) is 11.5 Å². The molecule has 0 aromatic heterocycles. The average Bonchev–Trinajstić information content (AvgIpc) is 1.99. The van der Waals surface area contributed by atoms with Crippen molar-refractivity contribution in [2.45, 2.75) is 25.0 Å². The Hall–Kier alpha value is -0.0700. The Morgan fingerprint density at radius 1 is 1.31 bits per heavy atom. The van der Waals surface area contributed by atoms with E-state index in [0.717, 1.165) is 0 Å². The number of hydrogen-bond acceptors (Lipinski definition) is 4. The molecule has 0 aliphatic heterocycles. The van der Waals surface area contributed by atoms with Crippen LogP contribution in [0.5, 0.6) is 0 Å². The number of carboxylic acids is 1. The third kappa shape index (κ3) is 9.85. The first-order valence-electron chi connectivity index (χ1n) is 3.44. The third-order valence-corrected chi connectivity index (χ3v) is 1.40. The predicted octanol–water partition coefficient (Wildman–Crippen LogP) is -0.658. The molecule has 0 rings (SSSR count). The molecule has 6 N–H and O–H groups in total. The first-order valence-corrected chi connectivity index (χ1v) is 3.44. The minimum atomic E-state index is -1.05. The molecule has 2 atom stereocenters. The van der Waals surface area contributed by atoms with Crippen LogP contribution < -0.4 is 11.5 Å². The van der Waals surface area contributed by atoms with Crippen molar-refractivity contribution in [1.29, 1.82) is 0 Å². The van der Waals surface area contributed by atoms with Crippen LogP contribution in [0.15, 0.2) is 0 Å². The maximum Gasteiger partial charge on any atom is 0.320 e. The van der Waals surface area contributed by atoms with Crippen LogP contribution in [0.2, 0.25) is 0 Å². The Labute approximate surface area is 89.3 Å². The molecule has 0 saturated heterocycles. The molecule has 0 aliphatic carbocycles. The van der Waals surface area contributed by atoms with Crippen molar-refractivity contribution in [2.75, 3.05) is 6.54 Å². The van der Waals surface area contributed by atoms with Gasteiger partial charge < -0.3 is 21.7 Å². The molecule has 0 bridgehead atoms. The van der Waals surface area contributed by atoms with Gasteiger partial charge in [0.2, 0.25) is 0 Å². The van der Waals surface area contributed by atoms with E-state index in [1.807, 2.05) is 0 Å². The normalized spacial score (nSPS) is 13.5. The third-order valence-electron chi connectivity index (χ3n) is 1.40. The molecule has 0 radical (unpaired) electrons. The van der Waals surface area contributed by atoms with E-state index in [1.54, 1.807) is 0 Å². The van der Waals surface area contributed by atoms with Gasteiger partial charge in [-0.1, -0.05) is 0 Å². The summed E-state index contributed by atoms with van der Waals surface area (Å²) < 4.78 is 0. The highest BCUT2D eigenvalue weighted by molar-refractivity contribution is 5.85. The van der Waals surface area contributed by atoms with Crippen LogP contribution >= 0.6 is 24.8 Å². The van der Waals surface area contributed by atoms with Gasteiger partial charge in [0.1, 0.15) is 6.04 Å². The molecular formula is C6H16Cl2N2O3. The zero-order valence-corrected chi connectivity index (χ0v) is 8.68. The molecule has 0 saturated carbocycles. The molecule has 0 aromatic carbocycles. The van der Waals surface area contributed by atoms with Crippen LogP contribution in [0, 0.1) is 0 Å². The van der Waals surface area contributed by atoms with Gasteiger partial charge in [0.15, 0.2) is 0 Å². The summed E-state index contributed by atoms with van der Waals surface area (Å²) in [5.74, 6) is -1.05. The summed E-state index contributed by atoms with van der Waals surface area (Å²) in [6, 6.07) is -0.892. The van der Waals surface area contributed by atoms with Crippen LogP contribution in [0.3, 0.4) is 0 Å². The second-order valence-corrected chi connectivity index (χ2v) is 2.41. The van der Waals surface area contributed by atoms with E-state index >= 15 is 0 Å². The zero-order valence-electron chi connectivity index (χ0n) is 7.05. The Balaban J connectivity index is -0.000000500. The smallest absolute Gasteiger partial charge is 0.320 e. The largest absolute Gasteiger partial charge is 0.480 e. The minimum absolute atomic E-state index is 0. The summed E-state index contributed by atoms with van der Waals surface area (Å²) in [7, 11) is 0. The number of aliphatic carboxylic acids is 1. The molecule has 0 aliphatic rings. The lowest BCUT2D eigenvalue weighted by molar-refractivity contribution is -0.138. The number of aliphatic hydroxyl groups excluding tert-OH is 1. The monoisotopic (exact) mass is 234 g/mol. The van der Waals surface area contributed by atoms with E-state index in [2.05, 4.69) is 0 Å².